The standard InChI is InChI=1S/C23H23NO4/c1-4-28-23(26)20-16(2)24(18-13-9-6-10-14-18)15-19(22(25)27-3)21(20)17-11-7-5-8-12-17/h5-15,21H,4H2,1-3H3. The smallest absolute Gasteiger partial charge is 0.336 e. The number of allylic oxidation sites excluding steroid dienone is 1. The Hall–Kier alpha value is -3.34. The first kappa shape index (κ1) is 19.4. The minimum absolute atomic E-state index is 0.250. The molecule has 2 aromatic rings. The van der Waals surface area contributed by atoms with E-state index in [0.29, 0.717) is 16.8 Å². The summed E-state index contributed by atoms with van der Waals surface area (Å²) in [6.45, 7) is 3.87. The van der Waals surface area contributed by atoms with Gasteiger partial charge in [0, 0.05) is 17.6 Å². The molecule has 0 radical (unpaired) electrons. The normalized spacial score (nSPS) is 16.5. The van der Waals surface area contributed by atoms with Gasteiger partial charge in [-0.1, -0.05) is 48.5 Å². The van der Waals surface area contributed by atoms with E-state index in [9.17, 15) is 9.59 Å². The number of hydrogen-bond donors (Lipinski definition) is 0. The number of ether oxygens (including phenoxy) is 2. The van der Waals surface area contributed by atoms with E-state index in [1.165, 1.54) is 7.11 Å². The molecule has 1 atom stereocenters. The van der Waals surface area contributed by atoms with Crippen LogP contribution >= 0.6 is 0 Å². The molecule has 0 N–H and O–H groups in total. The minimum atomic E-state index is -0.562. The Morgan fingerprint density at radius 2 is 1.57 bits per heavy atom. The summed E-state index contributed by atoms with van der Waals surface area (Å²) in [5.74, 6) is -1.49. The molecule has 0 spiro atoms. The molecular weight excluding hydrogens is 354 g/mol. The van der Waals surface area contributed by atoms with Gasteiger partial charge in [0.2, 0.25) is 0 Å². The average Bonchev–Trinajstić information content (AvgIpc) is 2.74. The fraction of sp³-hybridized carbons (Fsp3) is 0.217. The molecule has 0 amide bonds. The number of rotatable bonds is 5. The number of hydrogen-bond acceptors (Lipinski definition) is 5. The molecule has 144 valence electrons. The van der Waals surface area contributed by atoms with E-state index in [4.69, 9.17) is 9.47 Å². The highest BCUT2D eigenvalue weighted by molar-refractivity contribution is 6.00. The number of para-hydroxylation sites is 1. The zero-order chi connectivity index (χ0) is 20.1. The van der Waals surface area contributed by atoms with Crippen molar-refractivity contribution in [2.24, 2.45) is 0 Å². The first-order valence-corrected chi connectivity index (χ1v) is 9.15. The zero-order valence-electron chi connectivity index (χ0n) is 16.2. The molecule has 0 aromatic heterocycles. The highest BCUT2D eigenvalue weighted by Crippen LogP contribution is 2.41. The summed E-state index contributed by atoms with van der Waals surface area (Å²) in [7, 11) is 1.34. The average molecular weight is 377 g/mol. The number of carbonyl (C=O) groups is 2. The van der Waals surface area contributed by atoms with Crippen molar-refractivity contribution in [3.8, 4) is 0 Å². The maximum Gasteiger partial charge on any atom is 0.336 e. The van der Waals surface area contributed by atoms with E-state index in [0.717, 1.165) is 11.3 Å². The lowest BCUT2D eigenvalue weighted by Gasteiger charge is -2.34. The second-order valence-corrected chi connectivity index (χ2v) is 6.34. The van der Waals surface area contributed by atoms with Crippen LogP contribution in [0.5, 0.6) is 0 Å². The molecule has 0 aliphatic carbocycles. The van der Waals surface area contributed by atoms with E-state index < -0.39 is 17.9 Å². The molecule has 0 saturated carbocycles. The van der Waals surface area contributed by atoms with Crippen LogP contribution in [0.2, 0.25) is 0 Å². The van der Waals surface area contributed by atoms with Crippen LogP contribution in [0.15, 0.2) is 83.7 Å². The lowest BCUT2D eigenvalue weighted by atomic mass is 9.81. The van der Waals surface area contributed by atoms with Crippen molar-refractivity contribution in [3.63, 3.8) is 0 Å². The second kappa shape index (κ2) is 8.57. The quantitative estimate of drug-likeness (QED) is 0.732. The Morgan fingerprint density at radius 3 is 2.14 bits per heavy atom. The van der Waals surface area contributed by atoms with Crippen LogP contribution in [0, 0.1) is 0 Å². The van der Waals surface area contributed by atoms with E-state index in [-0.39, 0.29) is 6.61 Å². The van der Waals surface area contributed by atoms with Gasteiger partial charge in [0.1, 0.15) is 0 Å². The molecule has 1 heterocycles. The van der Waals surface area contributed by atoms with Gasteiger partial charge < -0.3 is 14.4 Å². The van der Waals surface area contributed by atoms with E-state index >= 15 is 0 Å². The largest absolute Gasteiger partial charge is 0.466 e. The minimum Gasteiger partial charge on any atom is -0.466 e. The SMILES string of the molecule is CCOC(=O)C1=C(C)N(c2ccccc2)C=C(C(=O)OC)C1c1ccccc1. The third kappa shape index (κ3) is 3.69. The van der Waals surface area contributed by atoms with Crippen molar-refractivity contribution in [1.29, 1.82) is 0 Å². The highest BCUT2D eigenvalue weighted by Gasteiger charge is 2.38. The highest BCUT2D eigenvalue weighted by atomic mass is 16.5. The summed E-state index contributed by atoms with van der Waals surface area (Å²) in [6.07, 6.45) is 1.75. The lowest BCUT2D eigenvalue weighted by Crippen LogP contribution is -2.32. The summed E-state index contributed by atoms with van der Waals surface area (Å²) >= 11 is 0. The van der Waals surface area contributed by atoms with Crippen molar-refractivity contribution in [1.82, 2.24) is 0 Å². The Bertz CT molecular complexity index is 916. The van der Waals surface area contributed by atoms with Gasteiger partial charge >= 0.3 is 11.9 Å². The van der Waals surface area contributed by atoms with Crippen LogP contribution in [0.1, 0.15) is 25.3 Å². The van der Waals surface area contributed by atoms with Gasteiger partial charge in [0.15, 0.2) is 0 Å². The number of nitrogens with zero attached hydrogens (tertiary/aromatic N) is 1. The molecule has 0 saturated heterocycles. The molecule has 3 rings (SSSR count). The van der Waals surface area contributed by atoms with Crippen LogP contribution in [0.4, 0.5) is 5.69 Å². The molecule has 1 aliphatic heterocycles. The van der Waals surface area contributed by atoms with E-state index in [1.807, 2.05) is 72.5 Å². The fourth-order valence-corrected chi connectivity index (χ4v) is 3.42. The second-order valence-electron chi connectivity index (χ2n) is 6.34. The molecular formula is C23H23NO4. The van der Waals surface area contributed by atoms with Gasteiger partial charge in [-0.15, -0.1) is 0 Å². The predicted molar refractivity (Wildman–Crippen MR) is 108 cm³/mol. The number of esters is 2. The molecule has 1 aliphatic rings. The molecule has 0 bridgehead atoms. The molecule has 5 nitrogen and oxygen atoms in total. The van der Waals surface area contributed by atoms with Gasteiger partial charge in [0.05, 0.1) is 30.8 Å². The predicted octanol–water partition coefficient (Wildman–Crippen LogP) is 4.18. The fourth-order valence-electron chi connectivity index (χ4n) is 3.42. The number of benzene rings is 2. The van der Waals surface area contributed by atoms with Crippen LogP contribution in [0.25, 0.3) is 0 Å². The van der Waals surface area contributed by atoms with Crippen molar-refractivity contribution < 1.29 is 19.1 Å². The topological polar surface area (TPSA) is 55.8 Å². The lowest BCUT2D eigenvalue weighted by molar-refractivity contribution is -0.139. The van der Waals surface area contributed by atoms with Crippen molar-refractivity contribution in [2.45, 2.75) is 19.8 Å². The van der Waals surface area contributed by atoms with Gasteiger partial charge in [-0.3, -0.25) is 0 Å². The number of carbonyl (C=O) groups excluding carboxylic acids is 2. The first-order chi connectivity index (χ1) is 13.6. The number of methoxy groups -OCH3 is 1. The molecule has 2 aromatic carbocycles. The van der Waals surface area contributed by atoms with Crippen molar-refractivity contribution >= 4 is 17.6 Å². The summed E-state index contributed by atoms with van der Waals surface area (Å²) in [5, 5.41) is 0. The summed E-state index contributed by atoms with van der Waals surface area (Å²) in [4.78, 5) is 27.4. The van der Waals surface area contributed by atoms with Crippen LogP contribution < -0.4 is 4.90 Å². The molecule has 5 heteroatoms. The van der Waals surface area contributed by atoms with Crippen molar-refractivity contribution in [3.05, 3.63) is 89.3 Å². The Balaban J connectivity index is 2.23. The van der Waals surface area contributed by atoms with Crippen LogP contribution in [-0.2, 0) is 19.1 Å². The maximum atomic E-state index is 12.9. The third-order valence-electron chi connectivity index (χ3n) is 4.70. The number of anilines is 1. The molecule has 0 fully saturated rings. The van der Waals surface area contributed by atoms with E-state index in [2.05, 4.69) is 0 Å². The zero-order valence-corrected chi connectivity index (χ0v) is 16.2. The van der Waals surface area contributed by atoms with Gasteiger partial charge in [0.25, 0.3) is 0 Å². The van der Waals surface area contributed by atoms with E-state index in [1.54, 1.807) is 13.1 Å². The van der Waals surface area contributed by atoms with Crippen molar-refractivity contribution in [2.75, 3.05) is 18.6 Å². The third-order valence-corrected chi connectivity index (χ3v) is 4.70. The van der Waals surface area contributed by atoms with Crippen LogP contribution in [-0.4, -0.2) is 25.7 Å². The maximum absolute atomic E-state index is 12.9. The summed E-state index contributed by atoms with van der Waals surface area (Å²) in [5.41, 5.74) is 3.20. The van der Waals surface area contributed by atoms with Crippen LogP contribution in [0.3, 0.4) is 0 Å². The Kier molecular flexibility index (Phi) is 5.94. The Labute approximate surface area is 164 Å². The molecule has 1 unspecified atom stereocenters. The summed E-state index contributed by atoms with van der Waals surface area (Å²) in [6, 6.07) is 19.0. The monoisotopic (exact) mass is 377 g/mol. The Morgan fingerprint density at radius 1 is 0.964 bits per heavy atom. The summed E-state index contributed by atoms with van der Waals surface area (Å²) < 4.78 is 10.4. The first-order valence-electron chi connectivity index (χ1n) is 9.15. The van der Waals surface area contributed by atoms with Gasteiger partial charge in [-0.25, -0.2) is 9.59 Å². The van der Waals surface area contributed by atoms with Gasteiger partial charge in [-0.05, 0) is 31.5 Å². The van der Waals surface area contributed by atoms with Gasteiger partial charge in [-0.2, -0.15) is 0 Å². The molecule has 28 heavy (non-hydrogen) atoms.